The average molecular weight is 279 g/mol. The summed E-state index contributed by atoms with van der Waals surface area (Å²) < 4.78 is 5.00. The third-order valence-electron chi connectivity index (χ3n) is 2.92. The van der Waals surface area contributed by atoms with E-state index in [-0.39, 0.29) is 17.5 Å². The second kappa shape index (κ2) is 5.97. The van der Waals surface area contributed by atoms with E-state index in [2.05, 4.69) is 4.98 Å². The van der Waals surface area contributed by atoms with Crippen LogP contribution in [0.3, 0.4) is 0 Å². The Morgan fingerprint density at radius 1 is 1.63 bits per heavy atom. The highest BCUT2D eigenvalue weighted by molar-refractivity contribution is 7.80. The highest BCUT2D eigenvalue weighted by atomic mass is 32.1. The minimum Gasteiger partial charge on any atom is -0.465 e. The molecule has 1 aliphatic carbocycles. The first-order chi connectivity index (χ1) is 9.13. The molecule has 0 amide bonds. The van der Waals surface area contributed by atoms with Gasteiger partial charge in [-0.15, -0.1) is 0 Å². The van der Waals surface area contributed by atoms with Crippen LogP contribution in [-0.2, 0) is 9.53 Å². The van der Waals surface area contributed by atoms with Crippen molar-refractivity contribution < 1.29 is 9.53 Å². The Bertz CT molecular complexity index is 489. The fourth-order valence-corrected chi connectivity index (χ4v) is 2.09. The van der Waals surface area contributed by atoms with Crippen LogP contribution in [0.5, 0.6) is 0 Å². The lowest BCUT2D eigenvalue weighted by molar-refractivity contribution is -0.141. The zero-order valence-electron chi connectivity index (χ0n) is 10.8. The zero-order valence-corrected chi connectivity index (χ0v) is 11.7. The third-order valence-corrected chi connectivity index (χ3v) is 3.14. The lowest BCUT2D eigenvalue weighted by Crippen LogP contribution is -2.35. The highest BCUT2D eigenvalue weighted by Gasteiger charge is 2.33. The van der Waals surface area contributed by atoms with Crippen molar-refractivity contribution in [3.63, 3.8) is 0 Å². The number of hydrogen-bond acceptors (Lipinski definition) is 5. The molecule has 0 aliphatic heterocycles. The monoisotopic (exact) mass is 279 g/mol. The Labute approximate surface area is 117 Å². The fourth-order valence-electron chi connectivity index (χ4n) is 1.93. The summed E-state index contributed by atoms with van der Waals surface area (Å²) in [6, 6.07) is 3.94. The molecule has 1 aliphatic rings. The number of nitrogens with two attached hydrogens (primary N) is 1. The minimum absolute atomic E-state index is 0.186. The first kappa shape index (κ1) is 13.7. The molecule has 2 rings (SSSR count). The number of pyridine rings is 1. The van der Waals surface area contributed by atoms with E-state index in [1.807, 2.05) is 11.0 Å². The Hall–Kier alpha value is -1.69. The molecule has 0 saturated heterocycles. The molecule has 0 spiro atoms. The summed E-state index contributed by atoms with van der Waals surface area (Å²) in [5.74, 6) is 0.416. The summed E-state index contributed by atoms with van der Waals surface area (Å²) in [5.41, 5.74) is 6.41. The standard InChI is InChI=1S/C13H17N3O2S/c1-2-18-11(17)8-16(9-5-6-9)13-10(12(14)19)4-3-7-15-13/h3-4,7,9H,2,5-6,8H2,1H3,(H2,14,19). The molecule has 1 heterocycles. The van der Waals surface area contributed by atoms with Gasteiger partial charge in [-0.3, -0.25) is 4.79 Å². The molecule has 1 aromatic heterocycles. The summed E-state index contributed by atoms with van der Waals surface area (Å²) in [6.07, 6.45) is 3.77. The van der Waals surface area contributed by atoms with Gasteiger partial charge in [-0.25, -0.2) is 4.98 Å². The molecule has 102 valence electrons. The van der Waals surface area contributed by atoms with Crippen LogP contribution in [0.4, 0.5) is 5.82 Å². The number of rotatable bonds is 6. The van der Waals surface area contributed by atoms with Gasteiger partial charge in [-0.2, -0.15) is 0 Å². The van der Waals surface area contributed by atoms with Crippen LogP contribution < -0.4 is 10.6 Å². The maximum Gasteiger partial charge on any atom is 0.325 e. The van der Waals surface area contributed by atoms with Crippen molar-refractivity contribution in [3.05, 3.63) is 23.9 Å². The van der Waals surface area contributed by atoms with E-state index in [9.17, 15) is 4.79 Å². The largest absolute Gasteiger partial charge is 0.465 e. The number of hydrogen-bond donors (Lipinski definition) is 1. The molecule has 0 bridgehead atoms. The molecule has 0 atom stereocenters. The molecule has 1 fully saturated rings. The minimum atomic E-state index is -0.256. The van der Waals surface area contributed by atoms with Gasteiger partial charge in [-0.05, 0) is 31.9 Å². The maximum atomic E-state index is 11.7. The quantitative estimate of drug-likeness (QED) is 0.624. The second-order valence-corrected chi connectivity index (χ2v) is 4.84. The SMILES string of the molecule is CCOC(=O)CN(c1ncccc1C(N)=S)C1CC1. The van der Waals surface area contributed by atoms with Crippen LogP contribution in [0.15, 0.2) is 18.3 Å². The van der Waals surface area contributed by atoms with E-state index in [1.54, 1.807) is 19.2 Å². The summed E-state index contributed by atoms with van der Waals surface area (Å²) in [5, 5.41) is 0. The first-order valence-corrected chi connectivity index (χ1v) is 6.71. The van der Waals surface area contributed by atoms with E-state index in [4.69, 9.17) is 22.7 Å². The molecule has 19 heavy (non-hydrogen) atoms. The molecule has 1 saturated carbocycles. The number of thiocarbonyl (C=S) groups is 1. The molecular weight excluding hydrogens is 262 g/mol. The fraction of sp³-hybridized carbons (Fsp3) is 0.462. The van der Waals surface area contributed by atoms with Crippen molar-refractivity contribution in [2.75, 3.05) is 18.1 Å². The highest BCUT2D eigenvalue weighted by Crippen LogP contribution is 2.32. The smallest absolute Gasteiger partial charge is 0.325 e. The molecule has 1 aromatic rings. The summed E-state index contributed by atoms with van der Waals surface area (Å²) in [6.45, 7) is 2.35. The van der Waals surface area contributed by atoms with E-state index in [1.165, 1.54) is 0 Å². The van der Waals surface area contributed by atoms with Gasteiger partial charge in [0, 0.05) is 12.2 Å². The number of anilines is 1. The molecule has 6 heteroatoms. The Morgan fingerprint density at radius 2 is 2.37 bits per heavy atom. The lowest BCUT2D eigenvalue weighted by Gasteiger charge is -2.24. The van der Waals surface area contributed by atoms with Crippen molar-refractivity contribution >= 4 is 29.0 Å². The van der Waals surface area contributed by atoms with Crippen molar-refractivity contribution in [2.24, 2.45) is 5.73 Å². The van der Waals surface area contributed by atoms with Crippen LogP contribution >= 0.6 is 12.2 Å². The van der Waals surface area contributed by atoms with Crippen LogP contribution in [0.1, 0.15) is 25.3 Å². The summed E-state index contributed by atoms with van der Waals surface area (Å²) in [4.78, 5) is 18.2. The van der Waals surface area contributed by atoms with E-state index < -0.39 is 0 Å². The second-order valence-electron chi connectivity index (χ2n) is 4.40. The summed E-state index contributed by atoms with van der Waals surface area (Å²) >= 11 is 5.04. The van der Waals surface area contributed by atoms with Gasteiger partial charge in [0.25, 0.3) is 0 Å². The normalized spacial score (nSPS) is 13.9. The third kappa shape index (κ3) is 3.41. The maximum absolute atomic E-state index is 11.7. The molecule has 0 unspecified atom stereocenters. The number of carbonyl (C=O) groups is 1. The summed E-state index contributed by atoms with van der Waals surface area (Å²) in [7, 11) is 0. The number of carbonyl (C=O) groups excluding carboxylic acids is 1. The average Bonchev–Trinajstić information content (AvgIpc) is 3.20. The Kier molecular flexibility index (Phi) is 4.31. The van der Waals surface area contributed by atoms with Gasteiger partial charge in [0.05, 0.1) is 12.2 Å². The van der Waals surface area contributed by atoms with Gasteiger partial charge in [0.2, 0.25) is 0 Å². The van der Waals surface area contributed by atoms with Crippen LogP contribution in [0.2, 0.25) is 0 Å². The zero-order chi connectivity index (χ0) is 13.8. The Morgan fingerprint density at radius 3 is 2.95 bits per heavy atom. The number of nitrogens with zero attached hydrogens (tertiary/aromatic N) is 2. The van der Waals surface area contributed by atoms with E-state index in [0.29, 0.717) is 24.0 Å². The van der Waals surface area contributed by atoms with Gasteiger partial charge < -0.3 is 15.4 Å². The molecule has 0 radical (unpaired) electrons. The molecule has 0 aromatic carbocycles. The van der Waals surface area contributed by atoms with Crippen molar-refractivity contribution in [3.8, 4) is 0 Å². The van der Waals surface area contributed by atoms with Crippen molar-refractivity contribution in [1.82, 2.24) is 4.98 Å². The van der Waals surface area contributed by atoms with Gasteiger partial charge in [0.1, 0.15) is 17.4 Å². The van der Waals surface area contributed by atoms with Gasteiger partial charge >= 0.3 is 5.97 Å². The van der Waals surface area contributed by atoms with Crippen molar-refractivity contribution in [2.45, 2.75) is 25.8 Å². The molecule has 2 N–H and O–H groups in total. The van der Waals surface area contributed by atoms with Crippen LogP contribution in [0, 0.1) is 0 Å². The predicted octanol–water partition coefficient (Wildman–Crippen LogP) is 1.25. The lowest BCUT2D eigenvalue weighted by atomic mass is 10.2. The number of ether oxygens (including phenoxy) is 1. The van der Waals surface area contributed by atoms with Gasteiger partial charge in [0.15, 0.2) is 0 Å². The van der Waals surface area contributed by atoms with E-state index in [0.717, 1.165) is 12.8 Å². The number of aromatic nitrogens is 1. The topological polar surface area (TPSA) is 68.5 Å². The predicted molar refractivity (Wildman–Crippen MR) is 77.1 cm³/mol. The Balaban J connectivity index is 2.24. The first-order valence-electron chi connectivity index (χ1n) is 6.30. The number of esters is 1. The van der Waals surface area contributed by atoms with Crippen LogP contribution in [0.25, 0.3) is 0 Å². The molecule has 5 nitrogen and oxygen atoms in total. The molecular formula is C13H17N3O2S. The van der Waals surface area contributed by atoms with E-state index >= 15 is 0 Å². The van der Waals surface area contributed by atoms with Crippen molar-refractivity contribution in [1.29, 1.82) is 0 Å². The van der Waals surface area contributed by atoms with Gasteiger partial charge in [-0.1, -0.05) is 12.2 Å². The van der Waals surface area contributed by atoms with Crippen LogP contribution in [-0.4, -0.2) is 35.1 Å².